The second-order valence-electron chi connectivity index (χ2n) is 6.07. The number of hydrogen-bond acceptors (Lipinski definition) is 4. The van der Waals surface area contributed by atoms with E-state index in [9.17, 15) is 9.59 Å². The van der Waals surface area contributed by atoms with E-state index < -0.39 is 0 Å². The van der Waals surface area contributed by atoms with Crippen LogP contribution in [0, 0.1) is 6.92 Å². The summed E-state index contributed by atoms with van der Waals surface area (Å²) in [4.78, 5) is 24.4. The molecule has 1 aromatic heterocycles. The smallest absolute Gasteiger partial charge is 0.313 e. The number of ether oxygens (including phenoxy) is 1. The summed E-state index contributed by atoms with van der Waals surface area (Å²) in [6.45, 7) is 5.87. The molecular formula is C21H20O4. The van der Waals surface area contributed by atoms with Crippen LogP contribution in [-0.4, -0.2) is 12.6 Å². The van der Waals surface area contributed by atoms with E-state index in [1.165, 1.54) is 6.07 Å². The summed E-state index contributed by atoms with van der Waals surface area (Å²) < 4.78 is 11.0. The topological polar surface area (TPSA) is 56.5 Å². The molecule has 2 aromatic carbocycles. The Labute approximate surface area is 146 Å². The van der Waals surface area contributed by atoms with E-state index >= 15 is 0 Å². The monoisotopic (exact) mass is 336 g/mol. The van der Waals surface area contributed by atoms with Gasteiger partial charge in [0.05, 0.1) is 17.9 Å². The minimum Gasteiger partial charge on any atom is -0.466 e. The lowest BCUT2D eigenvalue weighted by atomic mass is 9.98. The molecule has 0 fully saturated rings. The van der Waals surface area contributed by atoms with Crippen molar-refractivity contribution in [3.8, 4) is 11.3 Å². The van der Waals surface area contributed by atoms with E-state index in [-0.39, 0.29) is 17.3 Å². The molecule has 0 N–H and O–H groups in total. The average Bonchev–Trinajstić information content (AvgIpc) is 2.62. The van der Waals surface area contributed by atoms with Gasteiger partial charge < -0.3 is 9.15 Å². The van der Waals surface area contributed by atoms with Crippen molar-refractivity contribution in [1.82, 2.24) is 0 Å². The van der Waals surface area contributed by atoms with E-state index in [0.717, 1.165) is 16.7 Å². The molecular weight excluding hydrogens is 316 g/mol. The first kappa shape index (κ1) is 17.0. The number of esters is 1. The number of aryl methyl sites for hydroxylation is 1. The standard InChI is InChI=1S/C21H20O4/c1-4-24-21(23)14(3)15-6-5-7-16(11-15)20-12-18(22)17-10-13(2)8-9-19(17)25-20/h5-12,14H,4H2,1-3H3. The molecule has 0 aliphatic carbocycles. The fourth-order valence-corrected chi connectivity index (χ4v) is 2.78. The van der Waals surface area contributed by atoms with Gasteiger partial charge in [0.1, 0.15) is 11.3 Å². The summed E-state index contributed by atoms with van der Waals surface area (Å²) in [5, 5.41) is 0.569. The molecule has 3 aromatic rings. The van der Waals surface area contributed by atoms with Gasteiger partial charge in [0.2, 0.25) is 0 Å². The summed E-state index contributed by atoms with van der Waals surface area (Å²) in [5.74, 6) is -0.163. The third-order valence-corrected chi connectivity index (χ3v) is 4.19. The van der Waals surface area contributed by atoms with E-state index in [4.69, 9.17) is 9.15 Å². The predicted molar refractivity (Wildman–Crippen MR) is 97.7 cm³/mol. The van der Waals surface area contributed by atoms with Crippen LogP contribution in [0.4, 0.5) is 0 Å². The number of hydrogen-bond donors (Lipinski definition) is 0. The lowest BCUT2D eigenvalue weighted by Gasteiger charge is -2.12. The van der Waals surface area contributed by atoms with Gasteiger partial charge in [-0.1, -0.05) is 29.8 Å². The van der Waals surface area contributed by atoms with E-state index in [1.807, 2.05) is 43.3 Å². The maximum absolute atomic E-state index is 12.4. The van der Waals surface area contributed by atoms with Crippen LogP contribution in [-0.2, 0) is 9.53 Å². The number of carbonyl (C=O) groups is 1. The summed E-state index contributed by atoms with van der Waals surface area (Å²) in [6, 6.07) is 14.5. The van der Waals surface area contributed by atoms with Crippen molar-refractivity contribution in [2.45, 2.75) is 26.7 Å². The van der Waals surface area contributed by atoms with Crippen molar-refractivity contribution < 1.29 is 13.9 Å². The van der Waals surface area contributed by atoms with E-state index in [2.05, 4.69) is 0 Å². The molecule has 0 saturated heterocycles. The van der Waals surface area contributed by atoms with Gasteiger partial charge in [-0.15, -0.1) is 0 Å². The molecule has 0 aliphatic heterocycles. The molecule has 0 bridgehead atoms. The Kier molecular flexibility index (Phi) is 4.70. The summed E-state index contributed by atoms with van der Waals surface area (Å²) in [6.07, 6.45) is 0. The summed E-state index contributed by atoms with van der Waals surface area (Å²) in [7, 11) is 0. The van der Waals surface area contributed by atoms with Crippen LogP contribution in [0.25, 0.3) is 22.3 Å². The van der Waals surface area contributed by atoms with Crippen molar-refractivity contribution in [2.24, 2.45) is 0 Å². The number of fused-ring (bicyclic) bond motifs is 1. The Bertz CT molecular complexity index is 985. The maximum atomic E-state index is 12.4. The van der Waals surface area contributed by atoms with Gasteiger partial charge in [-0.3, -0.25) is 9.59 Å². The lowest BCUT2D eigenvalue weighted by Crippen LogP contribution is -2.13. The van der Waals surface area contributed by atoms with Gasteiger partial charge in [-0.05, 0) is 44.5 Å². The zero-order valence-electron chi connectivity index (χ0n) is 14.5. The third kappa shape index (κ3) is 3.48. The SMILES string of the molecule is CCOC(=O)C(C)c1cccc(-c2cc(=O)c3cc(C)ccc3o2)c1. The quantitative estimate of drug-likeness (QED) is 0.661. The summed E-state index contributed by atoms with van der Waals surface area (Å²) >= 11 is 0. The second-order valence-corrected chi connectivity index (χ2v) is 6.07. The fraction of sp³-hybridized carbons (Fsp3) is 0.238. The highest BCUT2D eigenvalue weighted by Gasteiger charge is 2.17. The highest BCUT2D eigenvalue weighted by Crippen LogP contribution is 2.26. The minimum atomic E-state index is -0.380. The van der Waals surface area contributed by atoms with Crippen LogP contribution >= 0.6 is 0 Å². The molecule has 0 radical (unpaired) electrons. The van der Waals surface area contributed by atoms with Gasteiger partial charge in [-0.2, -0.15) is 0 Å². The molecule has 0 saturated carbocycles. The van der Waals surface area contributed by atoms with Gasteiger partial charge in [-0.25, -0.2) is 0 Å². The summed E-state index contributed by atoms with van der Waals surface area (Å²) in [5.41, 5.74) is 3.06. The van der Waals surface area contributed by atoms with Crippen molar-refractivity contribution in [1.29, 1.82) is 0 Å². The second kappa shape index (κ2) is 6.93. The van der Waals surface area contributed by atoms with Crippen molar-refractivity contribution in [3.63, 3.8) is 0 Å². The van der Waals surface area contributed by atoms with Gasteiger partial charge in [0, 0.05) is 11.6 Å². The lowest BCUT2D eigenvalue weighted by molar-refractivity contribution is -0.144. The Morgan fingerprint density at radius 1 is 1.16 bits per heavy atom. The molecule has 0 amide bonds. The average molecular weight is 336 g/mol. The third-order valence-electron chi connectivity index (χ3n) is 4.19. The Balaban J connectivity index is 2.04. The van der Waals surface area contributed by atoms with Crippen LogP contribution < -0.4 is 5.43 Å². The molecule has 1 heterocycles. The first-order valence-corrected chi connectivity index (χ1v) is 8.31. The molecule has 25 heavy (non-hydrogen) atoms. The Hall–Kier alpha value is -2.88. The van der Waals surface area contributed by atoms with Crippen LogP contribution in [0.2, 0.25) is 0 Å². The predicted octanol–water partition coefficient (Wildman–Crippen LogP) is 4.44. The first-order valence-electron chi connectivity index (χ1n) is 8.31. The van der Waals surface area contributed by atoms with Crippen molar-refractivity contribution in [2.75, 3.05) is 6.61 Å². The molecule has 0 aliphatic rings. The van der Waals surface area contributed by atoms with E-state index in [1.54, 1.807) is 19.9 Å². The molecule has 4 nitrogen and oxygen atoms in total. The molecule has 4 heteroatoms. The van der Waals surface area contributed by atoms with Gasteiger partial charge in [0.15, 0.2) is 5.43 Å². The number of carbonyl (C=O) groups excluding carboxylic acids is 1. The van der Waals surface area contributed by atoms with Crippen LogP contribution in [0.5, 0.6) is 0 Å². The minimum absolute atomic E-state index is 0.0798. The van der Waals surface area contributed by atoms with Crippen molar-refractivity contribution >= 4 is 16.9 Å². The molecule has 3 rings (SSSR count). The zero-order valence-corrected chi connectivity index (χ0v) is 14.5. The normalized spacial score (nSPS) is 12.1. The molecule has 1 unspecified atom stereocenters. The molecule has 128 valence electrons. The van der Waals surface area contributed by atoms with Crippen LogP contribution in [0.1, 0.15) is 30.9 Å². The molecule has 0 spiro atoms. The van der Waals surface area contributed by atoms with Gasteiger partial charge in [0.25, 0.3) is 0 Å². The first-order chi connectivity index (χ1) is 12.0. The van der Waals surface area contributed by atoms with Crippen molar-refractivity contribution in [3.05, 3.63) is 69.9 Å². The van der Waals surface area contributed by atoms with E-state index in [0.29, 0.717) is 23.3 Å². The van der Waals surface area contributed by atoms with Gasteiger partial charge >= 0.3 is 5.97 Å². The van der Waals surface area contributed by atoms with Crippen LogP contribution in [0.3, 0.4) is 0 Å². The van der Waals surface area contributed by atoms with Crippen LogP contribution in [0.15, 0.2) is 57.7 Å². The highest BCUT2D eigenvalue weighted by atomic mass is 16.5. The zero-order chi connectivity index (χ0) is 18.0. The number of benzene rings is 2. The Morgan fingerprint density at radius 2 is 1.96 bits per heavy atom. The number of rotatable bonds is 4. The Morgan fingerprint density at radius 3 is 2.72 bits per heavy atom. The highest BCUT2D eigenvalue weighted by molar-refractivity contribution is 5.80. The fourth-order valence-electron chi connectivity index (χ4n) is 2.78. The molecule has 1 atom stereocenters. The largest absolute Gasteiger partial charge is 0.466 e. The maximum Gasteiger partial charge on any atom is 0.313 e.